The van der Waals surface area contributed by atoms with E-state index in [1.807, 2.05) is 0 Å². The third-order valence-electron chi connectivity index (χ3n) is 4.45. The minimum atomic E-state index is 0.368. The van der Waals surface area contributed by atoms with Crippen LogP contribution in [-0.2, 0) is 0 Å². The second-order valence-electron chi connectivity index (χ2n) is 5.80. The molecule has 1 unspecified atom stereocenters. The van der Waals surface area contributed by atoms with Gasteiger partial charge in [0, 0.05) is 13.2 Å². The lowest BCUT2D eigenvalue weighted by atomic mass is 9.92. The number of nitrogens with one attached hydrogen (secondary N) is 1. The lowest BCUT2D eigenvalue weighted by molar-refractivity contribution is 0.138. The van der Waals surface area contributed by atoms with Gasteiger partial charge < -0.3 is 15.3 Å². The van der Waals surface area contributed by atoms with E-state index in [0.717, 1.165) is 18.3 Å². The van der Waals surface area contributed by atoms with Gasteiger partial charge in [0.05, 0.1) is 0 Å². The highest BCUT2D eigenvalue weighted by molar-refractivity contribution is 4.75. The second kappa shape index (κ2) is 7.34. The van der Waals surface area contributed by atoms with Crippen LogP contribution in [0.2, 0.25) is 0 Å². The fourth-order valence-corrected chi connectivity index (χ4v) is 3.31. The van der Waals surface area contributed by atoms with E-state index in [1.165, 1.54) is 64.8 Å². The molecule has 0 amide bonds. The predicted molar refractivity (Wildman–Crippen MR) is 71.1 cm³/mol. The van der Waals surface area contributed by atoms with Crippen LogP contribution in [0.25, 0.3) is 0 Å². The van der Waals surface area contributed by atoms with Crippen LogP contribution in [0.3, 0.4) is 0 Å². The number of hydrogen-bond donors (Lipinski definition) is 2. The molecule has 0 radical (unpaired) electrons. The number of aliphatic hydroxyl groups excluding tert-OH is 1. The highest BCUT2D eigenvalue weighted by Gasteiger charge is 2.20. The number of likely N-dealkylation sites (tertiary alicyclic amines) is 1. The summed E-state index contributed by atoms with van der Waals surface area (Å²) in [4.78, 5) is 2.63. The minimum absolute atomic E-state index is 0.368. The second-order valence-corrected chi connectivity index (χ2v) is 5.80. The Morgan fingerprint density at radius 3 is 2.65 bits per heavy atom. The molecule has 0 aromatic rings. The van der Waals surface area contributed by atoms with E-state index in [2.05, 4.69) is 10.2 Å². The average molecular weight is 240 g/mol. The molecule has 2 aliphatic heterocycles. The van der Waals surface area contributed by atoms with Gasteiger partial charge in [0.15, 0.2) is 0 Å². The first-order valence-electron chi connectivity index (χ1n) is 7.42. The van der Waals surface area contributed by atoms with E-state index < -0.39 is 0 Å². The van der Waals surface area contributed by atoms with E-state index in [1.54, 1.807) is 0 Å². The van der Waals surface area contributed by atoms with Gasteiger partial charge in [0.2, 0.25) is 0 Å². The molecule has 3 nitrogen and oxygen atoms in total. The molecular formula is C14H28N2O. The summed E-state index contributed by atoms with van der Waals surface area (Å²) in [5.41, 5.74) is 0. The zero-order valence-corrected chi connectivity index (χ0v) is 11.0. The van der Waals surface area contributed by atoms with Crippen molar-refractivity contribution in [2.75, 3.05) is 39.3 Å². The fraction of sp³-hybridized carbons (Fsp3) is 1.00. The molecule has 0 bridgehead atoms. The van der Waals surface area contributed by atoms with Gasteiger partial charge in [-0.25, -0.2) is 0 Å². The van der Waals surface area contributed by atoms with Crippen LogP contribution < -0.4 is 5.32 Å². The van der Waals surface area contributed by atoms with Gasteiger partial charge in [-0.05, 0) is 76.5 Å². The monoisotopic (exact) mass is 240 g/mol. The van der Waals surface area contributed by atoms with Crippen molar-refractivity contribution in [1.29, 1.82) is 0 Å². The summed E-state index contributed by atoms with van der Waals surface area (Å²) in [5, 5.41) is 12.4. The van der Waals surface area contributed by atoms with Gasteiger partial charge in [-0.1, -0.05) is 0 Å². The molecule has 0 spiro atoms. The van der Waals surface area contributed by atoms with Gasteiger partial charge in [-0.15, -0.1) is 0 Å². The quantitative estimate of drug-likeness (QED) is 0.764. The first kappa shape index (κ1) is 13.3. The van der Waals surface area contributed by atoms with Crippen LogP contribution in [-0.4, -0.2) is 49.3 Å². The van der Waals surface area contributed by atoms with Crippen LogP contribution in [0.1, 0.15) is 38.5 Å². The lowest BCUT2D eigenvalue weighted by Crippen LogP contribution is -2.38. The van der Waals surface area contributed by atoms with E-state index in [0.29, 0.717) is 6.61 Å². The van der Waals surface area contributed by atoms with Crippen LogP contribution in [0.5, 0.6) is 0 Å². The number of hydrogen-bond acceptors (Lipinski definition) is 3. The summed E-state index contributed by atoms with van der Waals surface area (Å²) in [6.07, 6.45) is 7.78. The summed E-state index contributed by atoms with van der Waals surface area (Å²) in [6, 6.07) is 0. The van der Waals surface area contributed by atoms with Gasteiger partial charge in [-0.3, -0.25) is 0 Å². The highest BCUT2D eigenvalue weighted by atomic mass is 16.3. The summed E-state index contributed by atoms with van der Waals surface area (Å²) >= 11 is 0. The average Bonchev–Trinajstić information content (AvgIpc) is 2.39. The van der Waals surface area contributed by atoms with Crippen LogP contribution in [0.4, 0.5) is 0 Å². The molecule has 2 rings (SSSR count). The third-order valence-corrected chi connectivity index (χ3v) is 4.45. The SMILES string of the molecule is OCCC1CCCN(CCC2CCNCC2)C1. The molecule has 3 heteroatoms. The Morgan fingerprint density at radius 1 is 1.06 bits per heavy atom. The van der Waals surface area contributed by atoms with E-state index in [9.17, 15) is 0 Å². The van der Waals surface area contributed by atoms with E-state index in [4.69, 9.17) is 5.11 Å². The van der Waals surface area contributed by atoms with Gasteiger partial charge >= 0.3 is 0 Å². The molecular weight excluding hydrogens is 212 g/mol. The molecule has 17 heavy (non-hydrogen) atoms. The molecule has 2 heterocycles. The Bertz CT molecular complexity index is 202. The Balaban J connectivity index is 1.64. The number of piperidine rings is 2. The lowest BCUT2D eigenvalue weighted by Gasteiger charge is -2.34. The zero-order valence-electron chi connectivity index (χ0n) is 11.0. The molecule has 0 aromatic heterocycles. The van der Waals surface area contributed by atoms with E-state index >= 15 is 0 Å². The molecule has 100 valence electrons. The van der Waals surface area contributed by atoms with Gasteiger partial charge in [0.25, 0.3) is 0 Å². The van der Waals surface area contributed by atoms with Crippen molar-refractivity contribution in [2.45, 2.75) is 38.5 Å². The summed E-state index contributed by atoms with van der Waals surface area (Å²) in [7, 11) is 0. The highest BCUT2D eigenvalue weighted by Crippen LogP contribution is 2.21. The Hall–Kier alpha value is -0.120. The van der Waals surface area contributed by atoms with Crippen molar-refractivity contribution >= 4 is 0 Å². The fourth-order valence-electron chi connectivity index (χ4n) is 3.31. The van der Waals surface area contributed by atoms with Crippen molar-refractivity contribution < 1.29 is 5.11 Å². The van der Waals surface area contributed by atoms with Crippen molar-refractivity contribution in [3.05, 3.63) is 0 Å². The molecule has 2 fully saturated rings. The van der Waals surface area contributed by atoms with Crippen LogP contribution >= 0.6 is 0 Å². The molecule has 2 aliphatic rings. The van der Waals surface area contributed by atoms with Crippen LogP contribution in [0, 0.1) is 11.8 Å². The standard InChI is InChI=1S/C14H28N2O/c17-11-6-14-2-1-9-16(12-14)10-5-13-3-7-15-8-4-13/h13-15,17H,1-12H2. The Labute approximate surface area is 106 Å². The number of rotatable bonds is 5. The first-order chi connectivity index (χ1) is 8.38. The zero-order chi connectivity index (χ0) is 11.9. The molecule has 0 aliphatic carbocycles. The maximum Gasteiger partial charge on any atom is 0.0434 e. The van der Waals surface area contributed by atoms with Gasteiger partial charge in [-0.2, -0.15) is 0 Å². The number of aliphatic hydroxyl groups is 1. The topological polar surface area (TPSA) is 35.5 Å². The molecule has 2 saturated heterocycles. The predicted octanol–water partition coefficient (Wildman–Crippen LogP) is 1.47. The van der Waals surface area contributed by atoms with Crippen molar-refractivity contribution in [2.24, 2.45) is 11.8 Å². The maximum absolute atomic E-state index is 9.01. The Kier molecular flexibility index (Phi) is 5.75. The molecule has 0 saturated carbocycles. The third kappa shape index (κ3) is 4.57. The largest absolute Gasteiger partial charge is 0.396 e. The molecule has 2 N–H and O–H groups in total. The van der Waals surface area contributed by atoms with Crippen molar-refractivity contribution in [3.8, 4) is 0 Å². The van der Waals surface area contributed by atoms with Crippen LogP contribution in [0.15, 0.2) is 0 Å². The summed E-state index contributed by atoms with van der Waals surface area (Å²) in [5.74, 6) is 1.70. The van der Waals surface area contributed by atoms with Crippen molar-refractivity contribution in [1.82, 2.24) is 10.2 Å². The summed E-state index contributed by atoms with van der Waals surface area (Å²) in [6.45, 7) is 6.60. The van der Waals surface area contributed by atoms with Crippen molar-refractivity contribution in [3.63, 3.8) is 0 Å². The number of nitrogens with zero attached hydrogens (tertiary/aromatic N) is 1. The smallest absolute Gasteiger partial charge is 0.0434 e. The van der Waals surface area contributed by atoms with E-state index in [-0.39, 0.29) is 0 Å². The minimum Gasteiger partial charge on any atom is -0.396 e. The molecule has 1 atom stereocenters. The van der Waals surface area contributed by atoms with Gasteiger partial charge in [0.1, 0.15) is 0 Å². The maximum atomic E-state index is 9.01. The normalized spacial score (nSPS) is 28.4. The first-order valence-corrected chi connectivity index (χ1v) is 7.42. The molecule has 0 aromatic carbocycles. The summed E-state index contributed by atoms with van der Waals surface area (Å²) < 4.78 is 0. The Morgan fingerprint density at radius 2 is 1.88 bits per heavy atom.